The van der Waals surface area contributed by atoms with Crippen molar-refractivity contribution >= 4 is 7.60 Å². The molecule has 1 N–H and O–H groups in total. The van der Waals surface area contributed by atoms with E-state index in [4.69, 9.17) is 9.05 Å². The zero-order chi connectivity index (χ0) is 10.5. The van der Waals surface area contributed by atoms with Gasteiger partial charge in [0.15, 0.2) is 5.85 Å². The summed E-state index contributed by atoms with van der Waals surface area (Å²) < 4.78 is 21.8. The minimum absolute atomic E-state index is 0.135. The maximum Gasteiger partial charge on any atom is 0.359 e. The Balaban J connectivity index is 4.47. The summed E-state index contributed by atoms with van der Waals surface area (Å²) in [5.74, 6) is -1.17. The Morgan fingerprint density at radius 1 is 1.23 bits per heavy atom. The highest BCUT2D eigenvalue weighted by molar-refractivity contribution is 7.54. The normalized spacial score (nSPS) is 14.9. The van der Waals surface area contributed by atoms with Gasteiger partial charge < -0.3 is 14.2 Å². The molecule has 0 radical (unpaired) electrons. The molecule has 0 aromatic carbocycles. The van der Waals surface area contributed by atoms with Crippen molar-refractivity contribution < 1.29 is 18.7 Å². The minimum Gasteiger partial charge on any atom is -0.380 e. The molecule has 0 aliphatic rings. The predicted molar refractivity (Wildman–Crippen MR) is 51.7 cm³/mol. The van der Waals surface area contributed by atoms with E-state index in [0.29, 0.717) is 0 Å². The molecule has 0 aliphatic carbocycles. The molecule has 0 unspecified atom stereocenters. The summed E-state index contributed by atoms with van der Waals surface area (Å²) in [5.41, 5.74) is 0. The van der Waals surface area contributed by atoms with Gasteiger partial charge in [0.25, 0.3) is 0 Å². The Kier molecular flexibility index (Phi) is 5.81. The first-order valence-corrected chi connectivity index (χ1v) is 6.16. The van der Waals surface area contributed by atoms with Gasteiger partial charge in [-0.25, -0.2) is 0 Å². The molecule has 0 fully saturated rings. The third-order valence-corrected chi connectivity index (χ3v) is 4.02. The number of hydrogen-bond acceptors (Lipinski definition) is 4. The van der Waals surface area contributed by atoms with Crippen LogP contribution in [0.3, 0.4) is 0 Å². The lowest BCUT2D eigenvalue weighted by atomic mass is 10.2. The van der Waals surface area contributed by atoms with Crippen molar-refractivity contribution in [2.45, 2.75) is 33.5 Å². The zero-order valence-electron chi connectivity index (χ0n) is 8.69. The van der Waals surface area contributed by atoms with Gasteiger partial charge in [0.05, 0.1) is 13.2 Å². The number of rotatable bonds is 6. The first-order chi connectivity index (χ1) is 5.98. The summed E-state index contributed by atoms with van der Waals surface area (Å²) in [7, 11) is -3.31. The highest BCUT2D eigenvalue weighted by Crippen LogP contribution is 2.54. The van der Waals surface area contributed by atoms with Gasteiger partial charge in [-0.2, -0.15) is 0 Å². The van der Waals surface area contributed by atoms with Gasteiger partial charge in [0, 0.05) is 0 Å². The molecule has 0 heterocycles. The van der Waals surface area contributed by atoms with Crippen LogP contribution in [-0.2, 0) is 13.6 Å². The Bertz CT molecular complexity index is 171. The maximum atomic E-state index is 11.9. The van der Waals surface area contributed by atoms with Crippen LogP contribution in [0.15, 0.2) is 0 Å². The van der Waals surface area contributed by atoms with E-state index in [1.807, 2.05) is 0 Å². The van der Waals surface area contributed by atoms with Crippen molar-refractivity contribution in [1.29, 1.82) is 0 Å². The first-order valence-electron chi connectivity index (χ1n) is 4.54. The van der Waals surface area contributed by atoms with E-state index in [1.165, 1.54) is 0 Å². The van der Waals surface area contributed by atoms with Crippen molar-refractivity contribution in [2.75, 3.05) is 13.2 Å². The molecule has 0 saturated heterocycles. The lowest BCUT2D eigenvalue weighted by molar-refractivity contribution is 0.123. The molecule has 0 aliphatic heterocycles. The molecule has 5 heteroatoms. The average Bonchev–Trinajstić information content (AvgIpc) is 2.03. The summed E-state index contributed by atoms with van der Waals surface area (Å²) in [4.78, 5) is 0. The summed E-state index contributed by atoms with van der Waals surface area (Å²) in [5, 5.41) is 9.59. The molecular formula is C8H19O4P. The second kappa shape index (κ2) is 5.76. The lowest BCUT2D eigenvalue weighted by Gasteiger charge is -2.24. The van der Waals surface area contributed by atoms with E-state index >= 15 is 0 Å². The molecule has 0 rings (SSSR count). The largest absolute Gasteiger partial charge is 0.380 e. The van der Waals surface area contributed by atoms with Crippen molar-refractivity contribution in [1.82, 2.24) is 0 Å². The molecule has 0 bridgehead atoms. The quantitative estimate of drug-likeness (QED) is 0.683. The molecule has 0 spiro atoms. The van der Waals surface area contributed by atoms with Crippen molar-refractivity contribution in [3.63, 3.8) is 0 Å². The van der Waals surface area contributed by atoms with Gasteiger partial charge in [0.1, 0.15) is 0 Å². The highest BCUT2D eigenvalue weighted by Gasteiger charge is 2.35. The van der Waals surface area contributed by atoms with E-state index in [9.17, 15) is 9.67 Å². The van der Waals surface area contributed by atoms with Crippen LogP contribution in [0.1, 0.15) is 27.7 Å². The van der Waals surface area contributed by atoms with E-state index in [2.05, 4.69) is 0 Å². The van der Waals surface area contributed by atoms with Gasteiger partial charge in [-0.15, -0.1) is 0 Å². The van der Waals surface area contributed by atoms with Crippen LogP contribution in [0.2, 0.25) is 0 Å². The summed E-state index contributed by atoms with van der Waals surface area (Å²) in [6.45, 7) is 7.55. The molecule has 0 saturated carbocycles. The Morgan fingerprint density at radius 3 is 1.85 bits per heavy atom. The van der Waals surface area contributed by atoms with Crippen molar-refractivity contribution in [2.24, 2.45) is 5.92 Å². The topological polar surface area (TPSA) is 55.8 Å². The smallest absolute Gasteiger partial charge is 0.359 e. The standard InChI is InChI=1S/C8H19O4P/c1-5-11-13(10,12-6-2)8(9)7(3)4/h7-9H,5-6H2,1-4H3/t8-/m0/s1. The van der Waals surface area contributed by atoms with E-state index in [1.54, 1.807) is 27.7 Å². The molecule has 13 heavy (non-hydrogen) atoms. The first kappa shape index (κ1) is 13.1. The average molecular weight is 210 g/mol. The van der Waals surface area contributed by atoms with E-state index in [-0.39, 0.29) is 19.1 Å². The molecule has 80 valence electrons. The molecule has 4 nitrogen and oxygen atoms in total. The second-order valence-corrected chi connectivity index (χ2v) is 5.16. The number of aliphatic hydroxyl groups excluding tert-OH is 1. The number of aliphatic hydroxyl groups is 1. The van der Waals surface area contributed by atoms with Crippen molar-refractivity contribution in [3.8, 4) is 0 Å². The second-order valence-electron chi connectivity index (χ2n) is 3.03. The van der Waals surface area contributed by atoms with Crippen LogP contribution in [0, 0.1) is 5.92 Å². The van der Waals surface area contributed by atoms with Gasteiger partial charge in [-0.05, 0) is 19.8 Å². The molecule has 0 amide bonds. The molecule has 0 aromatic heterocycles. The monoisotopic (exact) mass is 210 g/mol. The Labute approximate surface area is 79.8 Å². The van der Waals surface area contributed by atoms with Crippen LogP contribution in [0.5, 0.6) is 0 Å². The summed E-state index contributed by atoms with van der Waals surface area (Å²) >= 11 is 0. The van der Waals surface area contributed by atoms with Crippen LogP contribution in [0.4, 0.5) is 0 Å². The summed E-state index contributed by atoms with van der Waals surface area (Å²) in [6.07, 6.45) is 0. The fourth-order valence-electron chi connectivity index (χ4n) is 0.915. The fourth-order valence-corrected chi connectivity index (χ4v) is 2.75. The Hall–Kier alpha value is 0.110. The van der Waals surface area contributed by atoms with Crippen molar-refractivity contribution in [3.05, 3.63) is 0 Å². The predicted octanol–water partition coefficient (Wildman–Crippen LogP) is 2.23. The third-order valence-electron chi connectivity index (χ3n) is 1.54. The zero-order valence-corrected chi connectivity index (χ0v) is 9.58. The van der Waals surface area contributed by atoms with Crippen LogP contribution in [0.25, 0.3) is 0 Å². The van der Waals surface area contributed by atoms with Gasteiger partial charge in [-0.3, -0.25) is 4.57 Å². The molecule has 1 atom stereocenters. The van der Waals surface area contributed by atoms with E-state index < -0.39 is 13.4 Å². The Morgan fingerprint density at radius 2 is 1.62 bits per heavy atom. The van der Waals surface area contributed by atoms with Gasteiger partial charge >= 0.3 is 7.60 Å². The highest BCUT2D eigenvalue weighted by atomic mass is 31.2. The summed E-state index contributed by atoms with van der Waals surface area (Å²) in [6, 6.07) is 0. The minimum atomic E-state index is -3.31. The molecular weight excluding hydrogens is 191 g/mol. The van der Waals surface area contributed by atoms with E-state index in [0.717, 1.165) is 0 Å². The third kappa shape index (κ3) is 3.77. The van der Waals surface area contributed by atoms with Crippen LogP contribution >= 0.6 is 7.60 Å². The van der Waals surface area contributed by atoms with Gasteiger partial charge in [-0.1, -0.05) is 13.8 Å². The van der Waals surface area contributed by atoms with Gasteiger partial charge in [0.2, 0.25) is 0 Å². The lowest BCUT2D eigenvalue weighted by Crippen LogP contribution is -2.18. The number of hydrogen-bond donors (Lipinski definition) is 1. The molecule has 0 aromatic rings. The van der Waals surface area contributed by atoms with Crippen LogP contribution in [-0.4, -0.2) is 24.2 Å². The van der Waals surface area contributed by atoms with Crippen LogP contribution < -0.4 is 0 Å². The maximum absolute atomic E-state index is 11.9. The SMILES string of the molecule is CCOP(=O)(OCC)[C@H](O)C(C)C. The fraction of sp³-hybridized carbons (Fsp3) is 1.00.